The third kappa shape index (κ3) is 6.79. The van der Waals surface area contributed by atoms with Gasteiger partial charge in [0.1, 0.15) is 6.04 Å². The Balaban J connectivity index is 2.42. The molecule has 0 aromatic heterocycles. The van der Waals surface area contributed by atoms with Crippen molar-refractivity contribution in [3.05, 3.63) is 35.9 Å². The number of amides is 2. The highest BCUT2D eigenvalue weighted by Gasteiger charge is 2.19. The van der Waals surface area contributed by atoms with E-state index < -0.39 is 18.0 Å². The summed E-state index contributed by atoms with van der Waals surface area (Å²) in [6, 6.07) is 8.34. The fourth-order valence-electron chi connectivity index (χ4n) is 1.83. The summed E-state index contributed by atoms with van der Waals surface area (Å²) in [5.41, 5.74) is 1.06. The van der Waals surface area contributed by atoms with Crippen LogP contribution in [0, 0.1) is 5.92 Å². The van der Waals surface area contributed by atoms with Crippen LogP contribution in [0.15, 0.2) is 30.3 Å². The van der Waals surface area contributed by atoms with Gasteiger partial charge >= 0.3 is 12.0 Å². The molecule has 1 unspecified atom stereocenters. The van der Waals surface area contributed by atoms with E-state index in [4.69, 9.17) is 0 Å². The molecule has 1 aromatic rings. The Labute approximate surface area is 125 Å². The van der Waals surface area contributed by atoms with Crippen molar-refractivity contribution < 1.29 is 14.7 Å². The minimum absolute atomic E-state index is 0.371. The highest BCUT2D eigenvalue weighted by molar-refractivity contribution is 5.82. The molecule has 1 rings (SSSR count). The fraction of sp³-hybridized carbons (Fsp3) is 0.500. The van der Waals surface area contributed by atoms with Gasteiger partial charge in [-0.3, -0.25) is 0 Å². The molecule has 2 atom stereocenters. The standard InChI is InChI=1S/C16H24N2O3/c1-3-12(2)11-17-16(21)18-14(15(19)20)10-9-13-7-5-4-6-8-13/h4-8,12,14H,3,9-11H2,1-2H3,(H,19,20)(H2,17,18,21)/t12?,14-/m0/s1. The van der Waals surface area contributed by atoms with Crippen molar-refractivity contribution in [2.45, 2.75) is 39.2 Å². The first-order chi connectivity index (χ1) is 10.0. The number of carbonyl (C=O) groups is 2. The summed E-state index contributed by atoms with van der Waals surface area (Å²) in [6.07, 6.45) is 1.95. The molecule has 0 bridgehead atoms. The van der Waals surface area contributed by atoms with E-state index in [9.17, 15) is 14.7 Å². The summed E-state index contributed by atoms with van der Waals surface area (Å²) in [4.78, 5) is 22.9. The number of carboxylic acid groups (broad SMARTS) is 1. The second-order valence-electron chi connectivity index (χ2n) is 5.28. The van der Waals surface area contributed by atoms with Gasteiger partial charge in [-0.05, 0) is 24.3 Å². The predicted molar refractivity (Wildman–Crippen MR) is 82.2 cm³/mol. The van der Waals surface area contributed by atoms with E-state index in [0.29, 0.717) is 25.3 Å². The van der Waals surface area contributed by atoms with Crippen LogP contribution >= 0.6 is 0 Å². The molecular formula is C16H24N2O3. The van der Waals surface area contributed by atoms with Gasteiger partial charge in [-0.1, -0.05) is 50.6 Å². The number of nitrogens with one attached hydrogen (secondary N) is 2. The van der Waals surface area contributed by atoms with E-state index >= 15 is 0 Å². The van der Waals surface area contributed by atoms with Gasteiger partial charge in [0, 0.05) is 6.54 Å². The number of urea groups is 1. The fourth-order valence-corrected chi connectivity index (χ4v) is 1.83. The van der Waals surface area contributed by atoms with Gasteiger partial charge in [-0.2, -0.15) is 0 Å². The Bertz CT molecular complexity index is 448. The maximum atomic E-state index is 11.7. The number of rotatable bonds is 8. The van der Waals surface area contributed by atoms with E-state index in [1.54, 1.807) is 0 Å². The van der Waals surface area contributed by atoms with Crippen molar-refractivity contribution in [3.63, 3.8) is 0 Å². The number of hydrogen-bond acceptors (Lipinski definition) is 2. The van der Waals surface area contributed by atoms with E-state index in [-0.39, 0.29) is 0 Å². The average molecular weight is 292 g/mol. The van der Waals surface area contributed by atoms with Gasteiger partial charge in [-0.25, -0.2) is 9.59 Å². The van der Waals surface area contributed by atoms with Gasteiger partial charge < -0.3 is 15.7 Å². The lowest BCUT2D eigenvalue weighted by atomic mass is 10.1. The Morgan fingerprint density at radius 1 is 1.24 bits per heavy atom. The molecule has 116 valence electrons. The summed E-state index contributed by atoms with van der Waals surface area (Å²) in [6.45, 7) is 4.63. The number of carboxylic acids is 1. The van der Waals surface area contributed by atoms with Crippen molar-refractivity contribution in [1.82, 2.24) is 10.6 Å². The van der Waals surface area contributed by atoms with Gasteiger partial charge in [0.25, 0.3) is 0 Å². The van der Waals surface area contributed by atoms with E-state index in [2.05, 4.69) is 10.6 Å². The van der Waals surface area contributed by atoms with E-state index in [1.165, 1.54) is 0 Å². The molecule has 0 fully saturated rings. The topological polar surface area (TPSA) is 78.4 Å². The highest BCUT2D eigenvalue weighted by atomic mass is 16.4. The van der Waals surface area contributed by atoms with Crippen LogP contribution in [0.1, 0.15) is 32.3 Å². The lowest BCUT2D eigenvalue weighted by Gasteiger charge is -2.16. The van der Waals surface area contributed by atoms with Crippen LogP contribution in [0.5, 0.6) is 0 Å². The molecule has 0 aliphatic rings. The summed E-state index contributed by atoms with van der Waals surface area (Å²) in [5, 5.41) is 14.4. The van der Waals surface area contributed by atoms with Crippen molar-refractivity contribution in [1.29, 1.82) is 0 Å². The highest BCUT2D eigenvalue weighted by Crippen LogP contribution is 2.05. The zero-order valence-corrected chi connectivity index (χ0v) is 12.6. The second kappa shape index (κ2) is 9.00. The van der Waals surface area contributed by atoms with Gasteiger partial charge in [-0.15, -0.1) is 0 Å². The molecule has 0 spiro atoms. The lowest BCUT2D eigenvalue weighted by Crippen LogP contribution is -2.47. The minimum Gasteiger partial charge on any atom is -0.480 e. The molecule has 0 saturated heterocycles. The van der Waals surface area contributed by atoms with Gasteiger partial charge in [0.05, 0.1) is 0 Å². The Hall–Kier alpha value is -2.04. The van der Waals surface area contributed by atoms with Gasteiger partial charge in [0.15, 0.2) is 0 Å². The smallest absolute Gasteiger partial charge is 0.326 e. The van der Waals surface area contributed by atoms with Crippen LogP contribution in [0.2, 0.25) is 0 Å². The maximum absolute atomic E-state index is 11.7. The third-order valence-corrected chi connectivity index (χ3v) is 3.48. The molecule has 0 radical (unpaired) electrons. The van der Waals surface area contributed by atoms with Crippen molar-refractivity contribution in [3.8, 4) is 0 Å². The molecule has 5 heteroatoms. The van der Waals surface area contributed by atoms with Crippen LogP contribution < -0.4 is 10.6 Å². The van der Waals surface area contributed by atoms with Crippen LogP contribution in [0.25, 0.3) is 0 Å². The van der Waals surface area contributed by atoms with Crippen LogP contribution in [-0.4, -0.2) is 29.7 Å². The number of aliphatic carboxylic acids is 1. The minimum atomic E-state index is -1.01. The summed E-state index contributed by atoms with van der Waals surface area (Å²) in [7, 11) is 0. The van der Waals surface area contributed by atoms with Crippen molar-refractivity contribution in [2.75, 3.05) is 6.54 Å². The Morgan fingerprint density at radius 2 is 1.90 bits per heavy atom. The first-order valence-electron chi connectivity index (χ1n) is 7.34. The van der Waals surface area contributed by atoms with Crippen LogP contribution in [-0.2, 0) is 11.2 Å². The molecule has 0 aliphatic carbocycles. The normalized spacial score (nSPS) is 13.2. The van der Waals surface area contributed by atoms with E-state index in [0.717, 1.165) is 12.0 Å². The monoisotopic (exact) mass is 292 g/mol. The van der Waals surface area contributed by atoms with Crippen molar-refractivity contribution >= 4 is 12.0 Å². The second-order valence-corrected chi connectivity index (χ2v) is 5.28. The molecule has 0 saturated carbocycles. The molecule has 5 nitrogen and oxygen atoms in total. The Kier molecular flexibility index (Phi) is 7.29. The zero-order chi connectivity index (χ0) is 15.7. The molecular weight excluding hydrogens is 268 g/mol. The average Bonchev–Trinajstić information content (AvgIpc) is 2.49. The molecule has 3 N–H and O–H groups in total. The summed E-state index contributed by atoms with van der Waals surface area (Å²) in [5.74, 6) is -0.632. The van der Waals surface area contributed by atoms with Crippen molar-refractivity contribution in [2.24, 2.45) is 5.92 Å². The number of carbonyl (C=O) groups excluding carboxylic acids is 1. The number of aryl methyl sites for hydroxylation is 1. The molecule has 0 aliphatic heterocycles. The predicted octanol–water partition coefficient (Wildman–Crippen LogP) is 2.42. The van der Waals surface area contributed by atoms with Crippen LogP contribution in [0.3, 0.4) is 0 Å². The summed E-state index contributed by atoms with van der Waals surface area (Å²) < 4.78 is 0. The van der Waals surface area contributed by atoms with Gasteiger partial charge in [0.2, 0.25) is 0 Å². The first-order valence-corrected chi connectivity index (χ1v) is 7.34. The number of hydrogen-bond donors (Lipinski definition) is 3. The van der Waals surface area contributed by atoms with E-state index in [1.807, 2.05) is 44.2 Å². The lowest BCUT2D eigenvalue weighted by molar-refractivity contribution is -0.139. The molecule has 21 heavy (non-hydrogen) atoms. The first kappa shape index (κ1) is 17.0. The third-order valence-electron chi connectivity index (χ3n) is 3.48. The quantitative estimate of drug-likeness (QED) is 0.688. The molecule has 0 heterocycles. The number of benzene rings is 1. The zero-order valence-electron chi connectivity index (χ0n) is 12.6. The SMILES string of the molecule is CCC(C)CNC(=O)N[C@@H](CCc1ccccc1)C(=O)O. The molecule has 2 amide bonds. The summed E-state index contributed by atoms with van der Waals surface area (Å²) >= 11 is 0. The Morgan fingerprint density at radius 3 is 2.48 bits per heavy atom. The largest absolute Gasteiger partial charge is 0.480 e. The maximum Gasteiger partial charge on any atom is 0.326 e. The van der Waals surface area contributed by atoms with Crippen LogP contribution in [0.4, 0.5) is 4.79 Å². The molecule has 1 aromatic carbocycles.